The SMILES string of the molecule is C[C@H]1CCCN(c2cc(Nc3ccc(C(=O)O)cc3)c3c4c(onc24)-c2ccccc2C3=O)C1. The van der Waals surface area contributed by atoms with Gasteiger partial charge in [-0.05, 0) is 49.1 Å². The van der Waals surface area contributed by atoms with Crippen molar-refractivity contribution < 1.29 is 19.2 Å². The molecule has 7 heteroatoms. The molecule has 2 N–H and O–H groups in total. The predicted molar refractivity (Wildman–Crippen MR) is 130 cm³/mol. The quantitative estimate of drug-likeness (QED) is 0.359. The van der Waals surface area contributed by atoms with Crippen LogP contribution in [0.1, 0.15) is 46.0 Å². The first-order valence-electron chi connectivity index (χ1n) is 11.5. The van der Waals surface area contributed by atoms with Crippen molar-refractivity contribution >= 4 is 39.7 Å². The number of aromatic carboxylic acids is 1. The number of hydrogen-bond acceptors (Lipinski definition) is 6. The number of carbonyl (C=O) groups excluding carboxylic acids is 1. The summed E-state index contributed by atoms with van der Waals surface area (Å²) in [6.45, 7) is 4.07. The van der Waals surface area contributed by atoms with E-state index in [0.29, 0.717) is 39.7 Å². The molecule has 0 spiro atoms. The van der Waals surface area contributed by atoms with Gasteiger partial charge in [-0.2, -0.15) is 0 Å². The number of hydrogen-bond donors (Lipinski definition) is 2. The van der Waals surface area contributed by atoms with Crippen LogP contribution in [0.2, 0.25) is 0 Å². The van der Waals surface area contributed by atoms with Crippen LogP contribution in [-0.4, -0.2) is 35.1 Å². The molecule has 3 aromatic carbocycles. The molecule has 0 unspecified atom stereocenters. The number of piperidine rings is 1. The molecule has 170 valence electrons. The average Bonchev–Trinajstić information content (AvgIpc) is 3.28. The second kappa shape index (κ2) is 7.73. The van der Waals surface area contributed by atoms with Gasteiger partial charge < -0.3 is 19.8 Å². The van der Waals surface area contributed by atoms with Crippen LogP contribution in [0.4, 0.5) is 17.1 Å². The van der Waals surface area contributed by atoms with E-state index >= 15 is 0 Å². The summed E-state index contributed by atoms with van der Waals surface area (Å²) in [6.07, 6.45) is 2.28. The largest absolute Gasteiger partial charge is 0.478 e. The van der Waals surface area contributed by atoms with Crippen molar-refractivity contribution in [3.05, 3.63) is 71.3 Å². The van der Waals surface area contributed by atoms with E-state index in [2.05, 4.69) is 22.3 Å². The second-order valence-electron chi connectivity index (χ2n) is 9.13. The van der Waals surface area contributed by atoms with Crippen LogP contribution in [0.5, 0.6) is 0 Å². The summed E-state index contributed by atoms with van der Waals surface area (Å²) in [6, 6.07) is 15.9. The molecular weight excluding hydrogens is 430 g/mol. The van der Waals surface area contributed by atoms with Gasteiger partial charge in [-0.3, -0.25) is 4.79 Å². The van der Waals surface area contributed by atoms with Gasteiger partial charge in [0, 0.05) is 29.9 Å². The number of carboxylic acids is 1. The lowest BCUT2D eigenvalue weighted by Gasteiger charge is -2.33. The molecule has 1 saturated heterocycles. The van der Waals surface area contributed by atoms with Gasteiger partial charge in [0.15, 0.2) is 11.5 Å². The van der Waals surface area contributed by atoms with Gasteiger partial charge in [0.2, 0.25) is 0 Å². The zero-order chi connectivity index (χ0) is 23.4. The highest BCUT2D eigenvalue weighted by molar-refractivity contribution is 6.28. The number of fused-ring (bicyclic) bond motifs is 2. The summed E-state index contributed by atoms with van der Waals surface area (Å²) < 4.78 is 5.85. The Morgan fingerprint density at radius 2 is 1.91 bits per heavy atom. The molecule has 0 amide bonds. The third-order valence-electron chi connectivity index (χ3n) is 6.79. The number of benzene rings is 3. The third-order valence-corrected chi connectivity index (χ3v) is 6.79. The van der Waals surface area contributed by atoms with Crippen molar-refractivity contribution in [2.24, 2.45) is 5.92 Å². The molecule has 7 nitrogen and oxygen atoms in total. The number of nitrogens with one attached hydrogen (secondary N) is 1. The smallest absolute Gasteiger partial charge is 0.335 e. The van der Waals surface area contributed by atoms with Crippen LogP contribution in [0.25, 0.3) is 22.2 Å². The molecule has 34 heavy (non-hydrogen) atoms. The van der Waals surface area contributed by atoms with Crippen molar-refractivity contribution in [1.82, 2.24) is 5.16 Å². The molecule has 1 fully saturated rings. The highest BCUT2D eigenvalue weighted by Crippen LogP contribution is 2.46. The van der Waals surface area contributed by atoms with Gasteiger partial charge in [-0.25, -0.2) is 4.79 Å². The summed E-state index contributed by atoms with van der Waals surface area (Å²) in [5.74, 6) is 0.103. The van der Waals surface area contributed by atoms with Gasteiger partial charge >= 0.3 is 5.97 Å². The van der Waals surface area contributed by atoms with E-state index in [4.69, 9.17) is 4.52 Å². The second-order valence-corrected chi connectivity index (χ2v) is 9.13. The lowest BCUT2D eigenvalue weighted by Crippen LogP contribution is -2.34. The number of ketones is 1. The van der Waals surface area contributed by atoms with Crippen molar-refractivity contribution in [2.75, 3.05) is 23.3 Å². The number of rotatable bonds is 4. The molecule has 1 aliphatic carbocycles. The lowest BCUT2D eigenvalue weighted by molar-refractivity contribution is 0.0696. The number of carboxylic acid groups (broad SMARTS) is 1. The maximum atomic E-state index is 13.7. The number of carbonyl (C=O) groups is 2. The Balaban J connectivity index is 1.56. The van der Waals surface area contributed by atoms with Gasteiger partial charge in [0.05, 0.1) is 27.9 Å². The molecule has 0 saturated carbocycles. The third kappa shape index (κ3) is 3.15. The first-order chi connectivity index (χ1) is 16.5. The number of nitrogens with zero attached hydrogens (tertiary/aromatic N) is 2. The Hall–Kier alpha value is -4.13. The Morgan fingerprint density at radius 1 is 1.15 bits per heavy atom. The highest BCUT2D eigenvalue weighted by Gasteiger charge is 2.34. The number of anilines is 3. The highest BCUT2D eigenvalue weighted by atomic mass is 16.5. The standard InChI is InChI=1S/C27H23N3O4/c1-15-5-4-12-30(14-15)21-13-20(28-17-10-8-16(9-11-17)27(32)33)22-23-24(21)29-34-26(23)19-7-3-2-6-18(19)25(22)31/h2-3,6-11,13,15,28H,4-5,12,14H2,1H3,(H,32,33)/t15-/m0/s1. The summed E-state index contributed by atoms with van der Waals surface area (Å²) in [5.41, 5.74) is 5.07. The Morgan fingerprint density at radius 3 is 2.65 bits per heavy atom. The fourth-order valence-corrected chi connectivity index (χ4v) is 5.14. The van der Waals surface area contributed by atoms with Gasteiger partial charge in [-0.1, -0.05) is 36.3 Å². The van der Waals surface area contributed by atoms with E-state index in [9.17, 15) is 14.7 Å². The Kier molecular flexibility index (Phi) is 4.65. The molecule has 1 aromatic heterocycles. The summed E-state index contributed by atoms with van der Waals surface area (Å²) in [5, 5.41) is 17.8. The van der Waals surface area contributed by atoms with E-state index in [1.807, 2.05) is 24.3 Å². The van der Waals surface area contributed by atoms with Crippen molar-refractivity contribution in [1.29, 1.82) is 0 Å². The van der Waals surface area contributed by atoms with Crippen LogP contribution >= 0.6 is 0 Å². The van der Waals surface area contributed by atoms with Crippen LogP contribution in [0, 0.1) is 5.92 Å². The minimum absolute atomic E-state index is 0.0838. The zero-order valence-electron chi connectivity index (χ0n) is 18.7. The van der Waals surface area contributed by atoms with E-state index in [1.165, 1.54) is 6.42 Å². The summed E-state index contributed by atoms with van der Waals surface area (Å²) in [7, 11) is 0. The zero-order valence-corrected chi connectivity index (χ0v) is 18.7. The van der Waals surface area contributed by atoms with Crippen molar-refractivity contribution in [2.45, 2.75) is 19.8 Å². The van der Waals surface area contributed by atoms with Crippen LogP contribution in [0.3, 0.4) is 0 Å². The van der Waals surface area contributed by atoms with Gasteiger partial charge in [-0.15, -0.1) is 0 Å². The number of aromatic nitrogens is 1. The van der Waals surface area contributed by atoms with Crippen LogP contribution < -0.4 is 10.2 Å². The van der Waals surface area contributed by atoms with E-state index in [1.54, 1.807) is 30.3 Å². The maximum absolute atomic E-state index is 13.7. The molecule has 0 radical (unpaired) electrons. The molecular formula is C27H23N3O4. The van der Waals surface area contributed by atoms with Crippen molar-refractivity contribution in [3.8, 4) is 11.3 Å². The van der Waals surface area contributed by atoms with E-state index in [0.717, 1.165) is 36.1 Å². The first kappa shape index (κ1) is 20.5. The molecule has 2 aliphatic rings. The van der Waals surface area contributed by atoms with E-state index in [-0.39, 0.29) is 11.3 Å². The summed E-state index contributed by atoms with van der Waals surface area (Å²) >= 11 is 0. The Labute approximate surface area is 196 Å². The summed E-state index contributed by atoms with van der Waals surface area (Å²) in [4.78, 5) is 27.3. The van der Waals surface area contributed by atoms with Gasteiger partial charge in [0.1, 0.15) is 5.52 Å². The maximum Gasteiger partial charge on any atom is 0.335 e. The topological polar surface area (TPSA) is 95.7 Å². The fourth-order valence-electron chi connectivity index (χ4n) is 5.14. The van der Waals surface area contributed by atoms with Gasteiger partial charge in [0.25, 0.3) is 0 Å². The average molecular weight is 453 g/mol. The molecule has 6 rings (SSSR count). The molecule has 1 aliphatic heterocycles. The molecule has 0 bridgehead atoms. The van der Waals surface area contributed by atoms with Crippen molar-refractivity contribution in [3.63, 3.8) is 0 Å². The monoisotopic (exact) mass is 453 g/mol. The molecule has 1 atom stereocenters. The normalized spacial score (nSPS) is 17.0. The fraction of sp³-hybridized carbons (Fsp3) is 0.222. The minimum atomic E-state index is -0.981. The molecule has 4 aromatic rings. The van der Waals surface area contributed by atoms with Crippen LogP contribution in [0.15, 0.2) is 59.1 Å². The van der Waals surface area contributed by atoms with Crippen LogP contribution in [-0.2, 0) is 0 Å². The minimum Gasteiger partial charge on any atom is -0.478 e. The van der Waals surface area contributed by atoms with E-state index < -0.39 is 5.97 Å². The lowest BCUT2D eigenvalue weighted by atomic mass is 9.86. The Bertz CT molecular complexity index is 1460. The predicted octanol–water partition coefficient (Wildman–Crippen LogP) is 5.72. The first-order valence-corrected chi connectivity index (χ1v) is 11.5. The molecule has 2 heterocycles.